The monoisotopic (exact) mass is 445 g/mol. The van der Waals surface area contributed by atoms with E-state index in [1.54, 1.807) is 23.1 Å². The first-order valence-electron chi connectivity index (χ1n) is 11.1. The lowest BCUT2D eigenvalue weighted by Crippen LogP contribution is -2.39. The number of aryl methyl sites for hydroxylation is 2. The summed E-state index contributed by atoms with van der Waals surface area (Å²) in [7, 11) is 0. The van der Waals surface area contributed by atoms with Gasteiger partial charge in [0.1, 0.15) is 0 Å². The van der Waals surface area contributed by atoms with Gasteiger partial charge in [0, 0.05) is 48.9 Å². The standard InChI is InChI=1S/C23H31N3O2S2/c1-17-14-24-23(30-16-19-7-4-12-28-19)25-22(17)18-6-3-11-26(15-18)21(27)10-2-8-20-9-5-13-29-20/h5,9,13-14,18-19H,2-4,6-8,10-12,15-16H2,1H3/t18-,19-/m0/s1. The van der Waals surface area contributed by atoms with Crippen molar-refractivity contribution in [3.05, 3.63) is 39.8 Å². The molecular weight excluding hydrogens is 414 g/mol. The largest absolute Gasteiger partial charge is 0.377 e. The van der Waals surface area contributed by atoms with E-state index in [2.05, 4.69) is 34.3 Å². The van der Waals surface area contributed by atoms with E-state index in [4.69, 9.17) is 9.72 Å². The molecule has 2 aliphatic rings. The van der Waals surface area contributed by atoms with Crippen LogP contribution >= 0.6 is 23.1 Å². The highest BCUT2D eigenvalue weighted by atomic mass is 32.2. The number of aromatic nitrogens is 2. The van der Waals surface area contributed by atoms with Crippen LogP contribution in [0.3, 0.4) is 0 Å². The zero-order valence-corrected chi connectivity index (χ0v) is 19.3. The molecular formula is C23H31N3O2S2. The molecule has 0 aliphatic carbocycles. The number of thioether (sulfide) groups is 1. The Morgan fingerprint density at radius 1 is 1.37 bits per heavy atom. The molecule has 0 radical (unpaired) electrons. The quantitative estimate of drug-likeness (QED) is 0.430. The number of ether oxygens (including phenoxy) is 1. The van der Waals surface area contributed by atoms with Gasteiger partial charge in [-0.15, -0.1) is 11.3 Å². The molecule has 0 bridgehead atoms. The molecule has 30 heavy (non-hydrogen) atoms. The molecule has 5 nitrogen and oxygen atoms in total. The van der Waals surface area contributed by atoms with Crippen LogP contribution in [0.1, 0.15) is 60.6 Å². The summed E-state index contributed by atoms with van der Waals surface area (Å²) in [6.45, 7) is 4.63. The zero-order chi connectivity index (χ0) is 20.8. The Hall–Kier alpha value is -1.44. The van der Waals surface area contributed by atoms with Gasteiger partial charge in [0.2, 0.25) is 5.91 Å². The average molecular weight is 446 g/mol. The summed E-state index contributed by atoms with van der Waals surface area (Å²) in [6.07, 6.45) is 9.27. The number of carbonyl (C=O) groups excluding carboxylic acids is 1. The number of rotatable bonds is 8. The van der Waals surface area contributed by atoms with Crippen LogP contribution in [-0.2, 0) is 16.0 Å². The van der Waals surface area contributed by atoms with Crippen LogP contribution in [0.15, 0.2) is 28.9 Å². The zero-order valence-electron chi connectivity index (χ0n) is 17.7. The van der Waals surface area contributed by atoms with Gasteiger partial charge in [-0.05, 0) is 62.5 Å². The second kappa shape index (κ2) is 10.7. The lowest BCUT2D eigenvalue weighted by atomic mass is 9.92. The first-order chi connectivity index (χ1) is 14.7. The average Bonchev–Trinajstić information content (AvgIpc) is 3.47. The molecule has 0 N–H and O–H groups in total. The molecule has 162 valence electrons. The van der Waals surface area contributed by atoms with Gasteiger partial charge in [-0.2, -0.15) is 0 Å². The summed E-state index contributed by atoms with van der Waals surface area (Å²) in [5.74, 6) is 1.52. The van der Waals surface area contributed by atoms with Gasteiger partial charge in [0.15, 0.2) is 5.16 Å². The molecule has 7 heteroatoms. The Morgan fingerprint density at radius 3 is 3.10 bits per heavy atom. The van der Waals surface area contributed by atoms with Crippen molar-refractivity contribution in [1.82, 2.24) is 14.9 Å². The molecule has 2 fully saturated rings. The molecule has 0 saturated carbocycles. The summed E-state index contributed by atoms with van der Waals surface area (Å²) >= 11 is 3.47. The molecule has 2 aliphatic heterocycles. The van der Waals surface area contributed by atoms with Crippen molar-refractivity contribution < 1.29 is 9.53 Å². The van der Waals surface area contributed by atoms with E-state index in [0.29, 0.717) is 18.4 Å². The highest BCUT2D eigenvalue weighted by molar-refractivity contribution is 7.99. The van der Waals surface area contributed by atoms with Crippen molar-refractivity contribution in [2.24, 2.45) is 0 Å². The lowest BCUT2D eigenvalue weighted by Gasteiger charge is -2.33. The van der Waals surface area contributed by atoms with Crippen molar-refractivity contribution in [2.75, 3.05) is 25.4 Å². The molecule has 2 saturated heterocycles. The maximum Gasteiger partial charge on any atom is 0.222 e. The van der Waals surface area contributed by atoms with Gasteiger partial charge >= 0.3 is 0 Å². The third-order valence-electron chi connectivity index (χ3n) is 5.97. The van der Waals surface area contributed by atoms with Crippen molar-refractivity contribution in [3.8, 4) is 0 Å². The Morgan fingerprint density at radius 2 is 2.30 bits per heavy atom. The Kier molecular flexibility index (Phi) is 7.79. The molecule has 2 aromatic heterocycles. The summed E-state index contributed by atoms with van der Waals surface area (Å²) in [4.78, 5) is 25.6. The van der Waals surface area contributed by atoms with E-state index in [0.717, 1.165) is 80.4 Å². The van der Waals surface area contributed by atoms with Gasteiger partial charge < -0.3 is 9.64 Å². The van der Waals surface area contributed by atoms with Crippen molar-refractivity contribution in [1.29, 1.82) is 0 Å². The molecule has 0 aromatic carbocycles. The topological polar surface area (TPSA) is 55.3 Å². The minimum atomic E-state index is 0.288. The fraction of sp³-hybridized carbons (Fsp3) is 0.609. The van der Waals surface area contributed by atoms with Crippen LogP contribution < -0.4 is 0 Å². The fourth-order valence-electron chi connectivity index (χ4n) is 4.32. The minimum Gasteiger partial charge on any atom is -0.377 e. The lowest BCUT2D eigenvalue weighted by molar-refractivity contribution is -0.132. The number of thiophene rings is 1. The first-order valence-corrected chi connectivity index (χ1v) is 12.9. The van der Waals surface area contributed by atoms with Gasteiger partial charge in [-0.1, -0.05) is 17.8 Å². The summed E-state index contributed by atoms with van der Waals surface area (Å²) in [6, 6.07) is 4.23. The molecule has 1 amide bonds. The van der Waals surface area contributed by atoms with Gasteiger partial charge in [0.25, 0.3) is 0 Å². The second-order valence-corrected chi connectivity index (χ2v) is 10.3. The maximum atomic E-state index is 12.8. The molecule has 4 heterocycles. The third-order valence-corrected chi connectivity index (χ3v) is 7.90. The highest BCUT2D eigenvalue weighted by Crippen LogP contribution is 2.30. The number of amides is 1. The van der Waals surface area contributed by atoms with Gasteiger partial charge in [-0.25, -0.2) is 9.97 Å². The number of piperidine rings is 1. The van der Waals surface area contributed by atoms with E-state index in [9.17, 15) is 4.79 Å². The predicted octanol–water partition coefficient (Wildman–Crippen LogP) is 4.85. The fourth-order valence-corrected chi connectivity index (χ4v) is 5.96. The SMILES string of the molecule is Cc1cnc(SC[C@@H]2CCCO2)nc1[C@H]1CCCN(C(=O)CCCc2cccs2)C1. The number of carbonyl (C=O) groups is 1. The first kappa shape index (κ1) is 21.8. The van der Waals surface area contributed by atoms with Crippen LogP contribution in [0.4, 0.5) is 0 Å². The molecule has 2 aromatic rings. The van der Waals surface area contributed by atoms with Gasteiger partial charge in [0.05, 0.1) is 11.8 Å². The number of hydrogen-bond acceptors (Lipinski definition) is 6. The molecule has 0 spiro atoms. The second-order valence-electron chi connectivity index (χ2n) is 8.28. The highest BCUT2D eigenvalue weighted by Gasteiger charge is 2.27. The normalized spacial score (nSPS) is 21.8. The Labute approximate surface area is 187 Å². The molecule has 2 atom stereocenters. The van der Waals surface area contributed by atoms with E-state index < -0.39 is 0 Å². The Balaban J connectivity index is 1.32. The smallest absolute Gasteiger partial charge is 0.222 e. The predicted molar refractivity (Wildman–Crippen MR) is 122 cm³/mol. The number of hydrogen-bond donors (Lipinski definition) is 0. The van der Waals surface area contributed by atoms with Gasteiger partial charge in [-0.3, -0.25) is 4.79 Å². The van der Waals surface area contributed by atoms with E-state index in [1.165, 1.54) is 4.88 Å². The van der Waals surface area contributed by atoms with Crippen LogP contribution in [0.25, 0.3) is 0 Å². The minimum absolute atomic E-state index is 0.288. The van der Waals surface area contributed by atoms with Crippen molar-refractivity contribution in [2.45, 2.75) is 69.0 Å². The van der Waals surface area contributed by atoms with Crippen LogP contribution in [0, 0.1) is 6.92 Å². The van der Waals surface area contributed by atoms with Crippen LogP contribution in [0.2, 0.25) is 0 Å². The number of nitrogens with zero attached hydrogens (tertiary/aromatic N) is 3. The third kappa shape index (κ3) is 5.83. The summed E-state index contributed by atoms with van der Waals surface area (Å²) in [5.41, 5.74) is 2.25. The van der Waals surface area contributed by atoms with Crippen LogP contribution in [0.5, 0.6) is 0 Å². The summed E-state index contributed by atoms with van der Waals surface area (Å²) in [5, 5.41) is 2.94. The van der Waals surface area contributed by atoms with E-state index >= 15 is 0 Å². The van der Waals surface area contributed by atoms with Crippen molar-refractivity contribution >= 4 is 29.0 Å². The van der Waals surface area contributed by atoms with E-state index in [1.807, 2.05) is 6.20 Å². The van der Waals surface area contributed by atoms with E-state index in [-0.39, 0.29) is 5.91 Å². The Bertz CT molecular complexity index is 822. The molecule has 0 unspecified atom stereocenters. The van der Waals surface area contributed by atoms with Crippen molar-refractivity contribution in [3.63, 3.8) is 0 Å². The number of likely N-dealkylation sites (tertiary alicyclic amines) is 1. The maximum absolute atomic E-state index is 12.8. The van der Waals surface area contributed by atoms with Crippen LogP contribution in [-0.4, -0.2) is 52.3 Å². The molecule has 4 rings (SSSR count). The summed E-state index contributed by atoms with van der Waals surface area (Å²) < 4.78 is 5.72.